The van der Waals surface area contributed by atoms with Gasteiger partial charge in [-0.2, -0.15) is 0 Å². The molecular formula is C45H76NO11PS. The van der Waals surface area contributed by atoms with Crippen LogP contribution in [0, 0.1) is 0 Å². The molecule has 4 atom stereocenters. The summed E-state index contributed by atoms with van der Waals surface area (Å²) in [6, 6.07) is -1.21. The molecule has 0 aromatic rings. The zero-order chi connectivity index (χ0) is 43.8. The second-order valence-corrected chi connectivity index (χ2v) is 17.0. The lowest BCUT2D eigenvalue weighted by molar-refractivity contribution is -0.161. The maximum atomic E-state index is 12.9. The van der Waals surface area contributed by atoms with Gasteiger partial charge < -0.3 is 35.2 Å². The van der Waals surface area contributed by atoms with Crippen molar-refractivity contribution in [2.75, 3.05) is 19.0 Å². The number of rotatable bonds is 39. The molecule has 0 saturated heterocycles. The summed E-state index contributed by atoms with van der Waals surface area (Å²) in [5, 5.41) is 19.3. The molecule has 0 aromatic heterocycles. The number of carboxylic acids is 1. The number of unbranched alkanes of at least 4 members (excludes halogenated alkanes) is 12. The van der Waals surface area contributed by atoms with E-state index >= 15 is 0 Å². The third-order valence-corrected chi connectivity index (χ3v) is 10.8. The number of ether oxygens (including phenoxy) is 2. The summed E-state index contributed by atoms with van der Waals surface area (Å²) in [7, 11) is -4.92. The van der Waals surface area contributed by atoms with Gasteiger partial charge in [-0.25, -0.2) is 4.57 Å². The molecule has 338 valence electrons. The Morgan fingerprint density at radius 3 is 1.85 bits per heavy atom. The number of aliphatic hydroxyl groups is 1. The van der Waals surface area contributed by atoms with Gasteiger partial charge in [0, 0.05) is 23.8 Å². The summed E-state index contributed by atoms with van der Waals surface area (Å²) in [6.45, 7) is 3.19. The zero-order valence-electron chi connectivity index (χ0n) is 35.8. The second kappa shape index (κ2) is 39.4. The SMILES string of the molecule is CCCCC/C=C\C\C=C/C=C/C=C/[C@@H](SC[C@H](N)C(=O)O[C@H](COC(=O)CCCCCCCC/C=C\C/C=C\CCCCC)COP(=O)(O)O)[C@@H](O)CCCC(=O)O. The van der Waals surface area contributed by atoms with Crippen molar-refractivity contribution in [1.82, 2.24) is 0 Å². The van der Waals surface area contributed by atoms with Crippen molar-refractivity contribution in [2.45, 2.75) is 172 Å². The van der Waals surface area contributed by atoms with Crippen LogP contribution < -0.4 is 5.73 Å². The second-order valence-electron chi connectivity index (χ2n) is 14.5. The molecule has 0 spiro atoms. The number of carbonyl (C=O) groups excluding carboxylic acids is 2. The van der Waals surface area contributed by atoms with Crippen LogP contribution in [0.5, 0.6) is 0 Å². The average molecular weight is 870 g/mol. The van der Waals surface area contributed by atoms with E-state index in [1.165, 1.54) is 50.3 Å². The Hall–Kier alpha value is -2.77. The highest BCUT2D eigenvalue weighted by Gasteiger charge is 2.27. The molecule has 0 aliphatic heterocycles. The lowest BCUT2D eigenvalue weighted by atomic mass is 10.1. The number of thioether (sulfide) groups is 1. The van der Waals surface area contributed by atoms with Crippen LogP contribution in [-0.4, -0.2) is 80.4 Å². The van der Waals surface area contributed by atoms with Crippen LogP contribution in [0.3, 0.4) is 0 Å². The molecule has 14 heteroatoms. The molecule has 0 aromatic carbocycles. The lowest BCUT2D eigenvalue weighted by Crippen LogP contribution is -2.40. The third-order valence-electron chi connectivity index (χ3n) is 8.95. The van der Waals surface area contributed by atoms with Crippen molar-refractivity contribution in [2.24, 2.45) is 5.73 Å². The fourth-order valence-corrected chi connectivity index (χ4v) is 7.02. The van der Waals surface area contributed by atoms with Crippen molar-refractivity contribution in [3.05, 3.63) is 72.9 Å². The fraction of sp³-hybridized carbons (Fsp3) is 0.667. The molecule has 0 bridgehead atoms. The summed E-state index contributed by atoms with van der Waals surface area (Å²) in [5.74, 6) is -2.41. The molecule has 0 saturated carbocycles. The number of aliphatic hydroxyl groups excluding tert-OH is 1. The van der Waals surface area contributed by atoms with Gasteiger partial charge in [0.2, 0.25) is 0 Å². The van der Waals surface area contributed by atoms with Crippen LogP contribution >= 0.6 is 19.6 Å². The van der Waals surface area contributed by atoms with Gasteiger partial charge >= 0.3 is 25.7 Å². The number of phosphoric acid groups is 1. The summed E-state index contributed by atoms with van der Waals surface area (Å²) in [5.41, 5.74) is 6.12. The van der Waals surface area contributed by atoms with Crippen LogP contribution in [0.1, 0.15) is 149 Å². The van der Waals surface area contributed by atoms with Crippen molar-refractivity contribution < 1.29 is 52.9 Å². The molecule has 0 heterocycles. The van der Waals surface area contributed by atoms with Gasteiger partial charge in [0.25, 0.3) is 0 Å². The molecule has 0 amide bonds. The molecule has 0 unspecified atom stereocenters. The van der Waals surface area contributed by atoms with E-state index in [0.29, 0.717) is 6.42 Å². The fourth-order valence-electron chi connectivity index (χ4n) is 5.53. The highest BCUT2D eigenvalue weighted by Crippen LogP contribution is 2.36. The maximum absolute atomic E-state index is 12.9. The number of carbonyl (C=O) groups is 3. The molecule has 59 heavy (non-hydrogen) atoms. The van der Waals surface area contributed by atoms with Crippen molar-refractivity contribution in [3.8, 4) is 0 Å². The van der Waals surface area contributed by atoms with Crippen LogP contribution in [0.15, 0.2) is 72.9 Å². The highest BCUT2D eigenvalue weighted by molar-refractivity contribution is 8.00. The largest absolute Gasteiger partial charge is 0.481 e. The van der Waals surface area contributed by atoms with Gasteiger partial charge in [0.05, 0.1) is 12.7 Å². The van der Waals surface area contributed by atoms with Gasteiger partial charge in [-0.1, -0.05) is 138 Å². The van der Waals surface area contributed by atoms with E-state index in [9.17, 15) is 33.8 Å². The number of esters is 2. The Morgan fingerprint density at radius 1 is 0.695 bits per heavy atom. The van der Waals surface area contributed by atoms with E-state index < -0.39 is 62.4 Å². The monoisotopic (exact) mass is 869 g/mol. The van der Waals surface area contributed by atoms with Gasteiger partial charge in [0.1, 0.15) is 12.6 Å². The number of nitrogens with two attached hydrogens (primary N) is 1. The first-order valence-corrected chi connectivity index (χ1v) is 24.3. The van der Waals surface area contributed by atoms with Crippen LogP contribution in [0.2, 0.25) is 0 Å². The number of phosphoric ester groups is 1. The molecule has 0 aliphatic carbocycles. The first-order valence-electron chi connectivity index (χ1n) is 21.7. The van der Waals surface area contributed by atoms with Gasteiger partial charge in [-0.15, -0.1) is 11.8 Å². The highest BCUT2D eigenvalue weighted by atomic mass is 32.2. The van der Waals surface area contributed by atoms with Crippen LogP contribution in [0.4, 0.5) is 0 Å². The van der Waals surface area contributed by atoms with Gasteiger partial charge in [-0.05, 0) is 70.6 Å². The van der Waals surface area contributed by atoms with Crippen LogP contribution in [0.25, 0.3) is 0 Å². The lowest BCUT2D eigenvalue weighted by Gasteiger charge is -2.23. The minimum atomic E-state index is -4.92. The minimum absolute atomic E-state index is 0.00253. The number of hydrogen-bond donors (Lipinski definition) is 5. The minimum Gasteiger partial charge on any atom is -0.481 e. The molecule has 6 N–H and O–H groups in total. The number of allylic oxidation sites excluding steroid dienone is 11. The first-order chi connectivity index (χ1) is 28.4. The molecule has 0 fully saturated rings. The Kier molecular flexibility index (Phi) is 37.5. The number of hydrogen-bond acceptors (Lipinski definition) is 10. The summed E-state index contributed by atoms with van der Waals surface area (Å²) in [6.07, 6.45) is 40.9. The van der Waals surface area contributed by atoms with E-state index in [0.717, 1.165) is 64.2 Å². The van der Waals surface area contributed by atoms with E-state index in [1.807, 2.05) is 18.2 Å². The Bertz CT molecular complexity index is 1310. The first kappa shape index (κ1) is 56.2. The van der Waals surface area contributed by atoms with Gasteiger partial charge in [0.15, 0.2) is 6.10 Å². The third kappa shape index (κ3) is 39.1. The average Bonchev–Trinajstić information content (AvgIpc) is 3.19. The normalized spacial score (nSPS) is 14.7. The van der Waals surface area contributed by atoms with E-state index in [2.05, 4.69) is 54.8 Å². The van der Waals surface area contributed by atoms with E-state index in [4.69, 9.17) is 20.3 Å². The quantitative estimate of drug-likeness (QED) is 0.0129. The molecular weight excluding hydrogens is 794 g/mol. The maximum Gasteiger partial charge on any atom is 0.469 e. The predicted molar refractivity (Wildman–Crippen MR) is 240 cm³/mol. The summed E-state index contributed by atoms with van der Waals surface area (Å²) >= 11 is 1.18. The Labute approximate surface area is 359 Å². The molecule has 0 rings (SSSR count). The Morgan fingerprint density at radius 2 is 1.25 bits per heavy atom. The van der Waals surface area contributed by atoms with E-state index in [-0.39, 0.29) is 31.4 Å². The summed E-state index contributed by atoms with van der Waals surface area (Å²) < 4.78 is 26.5. The Balaban J connectivity index is 4.87. The molecule has 0 aliphatic rings. The zero-order valence-corrected chi connectivity index (χ0v) is 37.5. The summed E-state index contributed by atoms with van der Waals surface area (Å²) in [4.78, 5) is 54.8. The number of aliphatic carboxylic acids is 1. The molecule has 0 radical (unpaired) electrons. The predicted octanol–water partition coefficient (Wildman–Crippen LogP) is 9.99. The topological polar surface area (TPSA) is 203 Å². The molecule has 12 nitrogen and oxygen atoms in total. The van der Waals surface area contributed by atoms with Gasteiger partial charge in [-0.3, -0.25) is 18.9 Å². The van der Waals surface area contributed by atoms with Crippen molar-refractivity contribution >= 4 is 37.5 Å². The number of carboxylic acid groups (broad SMARTS) is 1. The standard InChI is InChI=1S/C45H76NO11PS/c1-3-5-7-9-11-13-15-17-18-19-20-22-24-26-28-30-35-44(50)55-36-39(37-56-58(52,53)54)57-45(51)40(46)38-59-42(41(47)32-31-34-43(48)49)33-29-27-25-23-21-16-14-12-10-8-6-4-2/h11-14,17-18,21,23,25,27,29,33,39-42,47H,3-10,15-16,19-20,22,24,26,28,30-32,34-38,46H2,1-2H3,(H,48,49)(H2,52,53,54)/b13-11-,14-12-,18-17-,23-21-,27-25+,33-29+/t39-,40+,41+,42-/m1/s1. The van der Waals surface area contributed by atoms with Crippen LogP contribution in [-0.2, 0) is 32.9 Å². The van der Waals surface area contributed by atoms with Crippen molar-refractivity contribution in [1.29, 1.82) is 0 Å². The van der Waals surface area contributed by atoms with Crippen molar-refractivity contribution in [3.63, 3.8) is 0 Å². The smallest absolute Gasteiger partial charge is 0.469 e. The van der Waals surface area contributed by atoms with E-state index in [1.54, 1.807) is 18.2 Å².